The monoisotopic (exact) mass is 138 g/mol. The van der Waals surface area contributed by atoms with Gasteiger partial charge in [-0.3, -0.25) is 0 Å². The second-order valence-electron chi connectivity index (χ2n) is 2.17. The smallest absolute Gasteiger partial charge is 0.0440 e. The van der Waals surface area contributed by atoms with E-state index < -0.39 is 0 Å². The van der Waals surface area contributed by atoms with Crippen LogP contribution in [0.5, 0.6) is 0 Å². The van der Waals surface area contributed by atoms with Crippen LogP contribution in [0.3, 0.4) is 0 Å². The van der Waals surface area contributed by atoms with E-state index in [1.165, 1.54) is 0 Å². The van der Waals surface area contributed by atoms with Crippen LogP contribution in [-0.2, 0) is 0 Å². The number of aliphatic hydroxyl groups is 1. The van der Waals surface area contributed by atoms with E-state index in [1.807, 2.05) is 13.0 Å². The zero-order valence-electron chi connectivity index (χ0n) is 6.43. The van der Waals surface area contributed by atoms with Crippen molar-refractivity contribution >= 4 is 0 Å². The molecule has 0 aromatic carbocycles. The second-order valence-corrected chi connectivity index (χ2v) is 2.17. The molecule has 0 unspecified atom stereocenters. The molecule has 1 heteroatoms. The third-order valence-corrected chi connectivity index (χ3v) is 1.14. The Morgan fingerprint density at radius 2 is 2.40 bits per heavy atom. The third-order valence-electron chi connectivity index (χ3n) is 1.14. The van der Waals surface area contributed by atoms with Gasteiger partial charge in [-0.25, -0.2) is 0 Å². The van der Waals surface area contributed by atoms with E-state index in [2.05, 4.69) is 18.4 Å². The Morgan fingerprint density at radius 3 is 2.90 bits per heavy atom. The van der Waals surface area contributed by atoms with Gasteiger partial charge in [-0.05, 0) is 13.3 Å². The lowest BCUT2D eigenvalue weighted by Crippen LogP contribution is -1.82. The fourth-order valence-corrected chi connectivity index (χ4v) is 0.460. The minimum absolute atomic E-state index is 0.233. The number of hydrogen-bond acceptors (Lipinski definition) is 1. The van der Waals surface area contributed by atoms with Crippen LogP contribution in [0.2, 0.25) is 0 Å². The van der Waals surface area contributed by atoms with Gasteiger partial charge >= 0.3 is 0 Å². The van der Waals surface area contributed by atoms with Gasteiger partial charge in [0, 0.05) is 18.9 Å². The van der Waals surface area contributed by atoms with Crippen molar-refractivity contribution in [3.8, 4) is 11.8 Å². The lowest BCUT2D eigenvalue weighted by Gasteiger charge is -1.89. The summed E-state index contributed by atoms with van der Waals surface area (Å²) in [5, 5.41) is 8.40. The minimum Gasteiger partial charge on any atom is -0.396 e. The summed E-state index contributed by atoms with van der Waals surface area (Å²) >= 11 is 0. The molecule has 0 heterocycles. The van der Waals surface area contributed by atoms with Gasteiger partial charge in [0.1, 0.15) is 0 Å². The van der Waals surface area contributed by atoms with E-state index in [4.69, 9.17) is 5.11 Å². The number of hydrogen-bond donors (Lipinski definition) is 1. The first-order chi connectivity index (χ1) is 4.81. The minimum atomic E-state index is 0.233. The van der Waals surface area contributed by atoms with E-state index >= 15 is 0 Å². The molecule has 56 valence electrons. The summed E-state index contributed by atoms with van der Waals surface area (Å²) in [6.45, 7) is 5.84. The Labute approximate surface area is 62.8 Å². The van der Waals surface area contributed by atoms with Crippen LogP contribution >= 0.6 is 0 Å². The van der Waals surface area contributed by atoms with Gasteiger partial charge in [-0.2, -0.15) is 0 Å². The highest BCUT2D eigenvalue weighted by Crippen LogP contribution is 1.92. The largest absolute Gasteiger partial charge is 0.396 e. The summed E-state index contributed by atoms with van der Waals surface area (Å²) in [5.41, 5.74) is 0. The van der Waals surface area contributed by atoms with Crippen LogP contribution in [-0.4, -0.2) is 11.7 Å². The average Bonchev–Trinajstić information content (AvgIpc) is 1.98. The van der Waals surface area contributed by atoms with Gasteiger partial charge in [-0.1, -0.05) is 12.0 Å². The van der Waals surface area contributed by atoms with Gasteiger partial charge in [0.2, 0.25) is 0 Å². The first-order valence-electron chi connectivity index (χ1n) is 3.53. The van der Waals surface area contributed by atoms with Crippen LogP contribution in [0.1, 0.15) is 19.8 Å². The zero-order valence-corrected chi connectivity index (χ0v) is 6.43. The van der Waals surface area contributed by atoms with Crippen molar-refractivity contribution in [2.75, 3.05) is 6.61 Å². The molecule has 0 fully saturated rings. The quantitative estimate of drug-likeness (QED) is 0.356. The van der Waals surface area contributed by atoms with E-state index in [0.717, 1.165) is 12.8 Å². The van der Waals surface area contributed by atoms with E-state index in [9.17, 15) is 0 Å². The maximum atomic E-state index is 8.40. The van der Waals surface area contributed by atoms with Crippen LogP contribution in [0.15, 0.2) is 12.7 Å². The van der Waals surface area contributed by atoms with Crippen molar-refractivity contribution in [3.05, 3.63) is 12.7 Å². The molecule has 1 N–H and O–H groups in total. The molecule has 0 spiro atoms. The van der Waals surface area contributed by atoms with Crippen LogP contribution in [0, 0.1) is 17.8 Å². The summed E-state index contributed by atoms with van der Waals surface area (Å²) in [6.07, 6.45) is 3.37. The molecule has 1 nitrogen and oxygen atoms in total. The number of aliphatic hydroxyl groups excluding tert-OH is 1. The maximum absolute atomic E-state index is 8.40. The molecule has 0 aromatic rings. The summed E-state index contributed by atoms with van der Waals surface area (Å²) in [7, 11) is 0. The zero-order chi connectivity index (χ0) is 7.82. The Bertz CT molecular complexity index is 139. The Kier molecular flexibility index (Phi) is 5.91. The van der Waals surface area contributed by atoms with Gasteiger partial charge in [0.15, 0.2) is 0 Å². The topological polar surface area (TPSA) is 20.2 Å². The van der Waals surface area contributed by atoms with E-state index in [-0.39, 0.29) is 12.5 Å². The number of rotatable bonds is 3. The Hall–Kier alpha value is -0.740. The van der Waals surface area contributed by atoms with Gasteiger partial charge in [-0.15, -0.1) is 12.5 Å². The first kappa shape index (κ1) is 9.26. The Morgan fingerprint density at radius 1 is 1.70 bits per heavy atom. The summed E-state index contributed by atoms with van der Waals surface area (Å²) in [5.74, 6) is 6.22. The van der Waals surface area contributed by atoms with Crippen molar-refractivity contribution in [1.82, 2.24) is 0 Å². The molecule has 0 saturated carbocycles. The molecular formula is C9H14O. The van der Waals surface area contributed by atoms with E-state index in [1.54, 1.807) is 0 Å². The Balaban J connectivity index is 3.38. The molecule has 10 heavy (non-hydrogen) atoms. The second kappa shape index (κ2) is 6.38. The molecule has 0 rings (SSSR count). The molecule has 0 aliphatic heterocycles. The molecule has 0 bridgehead atoms. The van der Waals surface area contributed by atoms with Crippen LogP contribution in [0.25, 0.3) is 0 Å². The van der Waals surface area contributed by atoms with Gasteiger partial charge in [0.25, 0.3) is 0 Å². The van der Waals surface area contributed by atoms with Crippen molar-refractivity contribution in [1.29, 1.82) is 0 Å². The molecule has 0 aromatic heterocycles. The summed E-state index contributed by atoms with van der Waals surface area (Å²) in [4.78, 5) is 0. The lowest BCUT2D eigenvalue weighted by atomic mass is 10.2. The van der Waals surface area contributed by atoms with Crippen LogP contribution < -0.4 is 0 Å². The predicted octanol–water partition coefficient (Wildman–Crippen LogP) is 1.58. The SMILES string of the molecule is C=C[C@H](C)C#CCCCO. The fourth-order valence-electron chi connectivity index (χ4n) is 0.460. The average molecular weight is 138 g/mol. The highest BCUT2D eigenvalue weighted by atomic mass is 16.2. The van der Waals surface area contributed by atoms with Crippen LogP contribution in [0.4, 0.5) is 0 Å². The highest BCUT2D eigenvalue weighted by Gasteiger charge is 1.84. The standard InChI is InChI=1S/C9H14O/c1-3-9(2)7-5-4-6-8-10/h3,9-10H,1,4,6,8H2,2H3/t9-/m0/s1. The lowest BCUT2D eigenvalue weighted by molar-refractivity contribution is 0.290. The molecule has 0 radical (unpaired) electrons. The van der Waals surface area contributed by atoms with Gasteiger partial charge in [0.05, 0.1) is 0 Å². The van der Waals surface area contributed by atoms with Gasteiger partial charge < -0.3 is 5.11 Å². The summed E-state index contributed by atoms with van der Waals surface area (Å²) in [6, 6.07) is 0. The normalized spacial score (nSPS) is 11.4. The first-order valence-corrected chi connectivity index (χ1v) is 3.53. The molecular weight excluding hydrogens is 124 g/mol. The van der Waals surface area contributed by atoms with Crippen molar-refractivity contribution < 1.29 is 5.11 Å². The van der Waals surface area contributed by atoms with Crippen molar-refractivity contribution in [2.24, 2.45) is 5.92 Å². The fraction of sp³-hybridized carbons (Fsp3) is 0.556. The number of allylic oxidation sites excluding steroid dienone is 1. The summed E-state index contributed by atoms with van der Waals surface area (Å²) < 4.78 is 0. The predicted molar refractivity (Wildman–Crippen MR) is 43.5 cm³/mol. The molecule has 0 aliphatic rings. The van der Waals surface area contributed by atoms with Crippen molar-refractivity contribution in [2.45, 2.75) is 19.8 Å². The third kappa shape index (κ3) is 5.40. The molecule has 0 amide bonds. The van der Waals surface area contributed by atoms with Crippen molar-refractivity contribution in [3.63, 3.8) is 0 Å². The molecule has 0 aliphatic carbocycles. The molecule has 0 saturated heterocycles. The van der Waals surface area contributed by atoms with E-state index in [0.29, 0.717) is 0 Å². The maximum Gasteiger partial charge on any atom is 0.0440 e. The highest BCUT2D eigenvalue weighted by molar-refractivity contribution is 5.07. The number of unbranched alkanes of at least 4 members (excludes halogenated alkanes) is 1. The molecule has 1 atom stereocenters.